The fraction of sp³-hybridized carbons (Fsp3) is 1.00. The highest BCUT2D eigenvalue weighted by atomic mass is 16.7. The molecule has 0 rings (SSSR count). The summed E-state index contributed by atoms with van der Waals surface area (Å²) < 4.78 is 0. The summed E-state index contributed by atoms with van der Waals surface area (Å²) in [6.45, 7) is 2.70. The number of nitrogens with zero attached hydrogens (tertiary/aromatic N) is 2. The highest BCUT2D eigenvalue weighted by Crippen LogP contribution is 2.16. The molecule has 0 heterocycles. The second-order valence-corrected chi connectivity index (χ2v) is 2.48. The Morgan fingerprint density at radius 3 is 1.73 bits per heavy atom. The molecule has 64 valence electrons. The van der Waals surface area contributed by atoms with Gasteiger partial charge in [0.15, 0.2) is 0 Å². The highest BCUT2D eigenvalue weighted by molar-refractivity contribution is 4.57. The van der Waals surface area contributed by atoms with E-state index in [0.717, 1.165) is 6.92 Å². The predicted octanol–water partition coefficient (Wildman–Crippen LogP) is 1.06. The lowest BCUT2D eigenvalue weighted by molar-refractivity contribution is -0.793. The third-order valence-corrected chi connectivity index (χ3v) is 1.51. The first-order valence-electron chi connectivity index (χ1n) is 3.24. The van der Waals surface area contributed by atoms with Gasteiger partial charge in [-0.1, -0.05) is 6.92 Å². The number of rotatable bonds is 4. The predicted molar refractivity (Wildman–Crippen MR) is 37.3 cm³/mol. The van der Waals surface area contributed by atoms with Gasteiger partial charge < -0.3 is 0 Å². The molecule has 0 aliphatic rings. The molecular formula is C5H10N2O4. The molecule has 0 saturated heterocycles. The molecular weight excluding hydrogens is 152 g/mol. The smallest absolute Gasteiger partial charge is 0.258 e. The lowest BCUT2D eigenvalue weighted by Crippen LogP contribution is -2.42. The van der Waals surface area contributed by atoms with Gasteiger partial charge in [-0.2, -0.15) is 0 Å². The van der Waals surface area contributed by atoms with Crippen LogP contribution in [-0.2, 0) is 0 Å². The van der Waals surface area contributed by atoms with E-state index in [-0.39, 0.29) is 6.42 Å². The first-order chi connectivity index (χ1) is 4.95. The number of nitro groups is 2. The van der Waals surface area contributed by atoms with E-state index in [2.05, 4.69) is 0 Å². The van der Waals surface area contributed by atoms with Crippen molar-refractivity contribution in [2.75, 3.05) is 0 Å². The van der Waals surface area contributed by atoms with Crippen LogP contribution < -0.4 is 0 Å². The maximum Gasteiger partial charge on any atom is 0.455 e. The van der Waals surface area contributed by atoms with Crippen LogP contribution in [0.2, 0.25) is 0 Å². The van der Waals surface area contributed by atoms with Gasteiger partial charge in [0.25, 0.3) is 0 Å². The maximum atomic E-state index is 10.2. The molecule has 0 unspecified atom stereocenters. The van der Waals surface area contributed by atoms with E-state index in [4.69, 9.17) is 0 Å². The van der Waals surface area contributed by atoms with Crippen LogP contribution in [-0.4, -0.2) is 15.5 Å². The van der Waals surface area contributed by atoms with Gasteiger partial charge in [-0.05, 0) is 6.42 Å². The molecule has 0 bridgehead atoms. The molecule has 0 N–H and O–H groups in total. The summed E-state index contributed by atoms with van der Waals surface area (Å²) in [5.41, 5.74) is -2.01. The van der Waals surface area contributed by atoms with Crippen molar-refractivity contribution in [2.24, 2.45) is 0 Å². The molecule has 0 aromatic rings. The third kappa shape index (κ3) is 1.86. The Kier molecular flexibility index (Phi) is 2.91. The standard InChI is InChI=1S/C5H10N2O4/c1-3-4-5(2,6(8)9)7(10)11/h3-4H2,1-2H3. The lowest BCUT2D eigenvalue weighted by Gasteiger charge is -2.10. The van der Waals surface area contributed by atoms with Crippen LogP contribution in [0.15, 0.2) is 0 Å². The van der Waals surface area contributed by atoms with Crippen LogP contribution >= 0.6 is 0 Å². The summed E-state index contributed by atoms with van der Waals surface area (Å²) >= 11 is 0. The molecule has 0 aromatic heterocycles. The summed E-state index contributed by atoms with van der Waals surface area (Å²) in [6, 6.07) is 0. The average Bonchev–Trinajstić information content (AvgIpc) is 1.87. The Morgan fingerprint density at radius 2 is 1.64 bits per heavy atom. The van der Waals surface area contributed by atoms with Crippen LogP contribution in [0.25, 0.3) is 0 Å². The van der Waals surface area contributed by atoms with Gasteiger partial charge in [0.1, 0.15) is 0 Å². The van der Waals surface area contributed by atoms with Crippen LogP contribution in [0.1, 0.15) is 26.7 Å². The van der Waals surface area contributed by atoms with Crippen molar-refractivity contribution in [3.05, 3.63) is 20.2 Å². The van der Waals surface area contributed by atoms with E-state index in [1.807, 2.05) is 0 Å². The van der Waals surface area contributed by atoms with Gasteiger partial charge in [0, 0.05) is 0 Å². The summed E-state index contributed by atoms with van der Waals surface area (Å²) in [5.74, 6) is 0. The zero-order valence-electron chi connectivity index (χ0n) is 6.44. The van der Waals surface area contributed by atoms with Gasteiger partial charge in [0.2, 0.25) is 0 Å². The Bertz CT molecular complexity index is 165. The first-order valence-corrected chi connectivity index (χ1v) is 3.24. The summed E-state index contributed by atoms with van der Waals surface area (Å²) in [4.78, 5) is 18.7. The Morgan fingerprint density at radius 1 is 1.27 bits per heavy atom. The lowest BCUT2D eigenvalue weighted by atomic mass is 10.1. The summed E-state index contributed by atoms with van der Waals surface area (Å²) in [6.07, 6.45) is 0.394. The van der Waals surface area contributed by atoms with Gasteiger partial charge in [-0.3, -0.25) is 20.2 Å². The maximum absolute atomic E-state index is 10.2. The van der Waals surface area contributed by atoms with E-state index >= 15 is 0 Å². The van der Waals surface area contributed by atoms with Crippen molar-refractivity contribution in [1.29, 1.82) is 0 Å². The van der Waals surface area contributed by atoms with E-state index in [1.54, 1.807) is 6.92 Å². The van der Waals surface area contributed by atoms with E-state index in [0.29, 0.717) is 6.42 Å². The minimum absolute atomic E-state index is 0.0347. The summed E-state index contributed by atoms with van der Waals surface area (Å²) in [5, 5.41) is 20.4. The molecule has 6 heteroatoms. The minimum atomic E-state index is -2.01. The van der Waals surface area contributed by atoms with Crippen molar-refractivity contribution in [2.45, 2.75) is 32.4 Å². The van der Waals surface area contributed by atoms with Gasteiger partial charge in [-0.25, -0.2) is 0 Å². The van der Waals surface area contributed by atoms with Crippen LogP contribution in [0.3, 0.4) is 0 Å². The largest absolute Gasteiger partial charge is 0.455 e. The van der Waals surface area contributed by atoms with Crippen molar-refractivity contribution >= 4 is 0 Å². The van der Waals surface area contributed by atoms with Crippen LogP contribution in [0.4, 0.5) is 0 Å². The molecule has 0 radical (unpaired) electrons. The second-order valence-electron chi connectivity index (χ2n) is 2.48. The molecule has 0 aliphatic carbocycles. The van der Waals surface area contributed by atoms with Crippen LogP contribution in [0.5, 0.6) is 0 Å². The van der Waals surface area contributed by atoms with Gasteiger partial charge >= 0.3 is 5.66 Å². The van der Waals surface area contributed by atoms with E-state index < -0.39 is 15.5 Å². The first kappa shape index (κ1) is 9.80. The molecule has 0 aromatic carbocycles. The Labute approximate surface area is 63.5 Å². The molecule has 0 atom stereocenters. The number of hydrogen-bond acceptors (Lipinski definition) is 4. The molecule has 0 saturated carbocycles. The van der Waals surface area contributed by atoms with Gasteiger partial charge in [-0.15, -0.1) is 0 Å². The summed E-state index contributed by atoms with van der Waals surface area (Å²) in [7, 11) is 0. The van der Waals surface area contributed by atoms with Gasteiger partial charge in [0.05, 0.1) is 23.2 Å². The molecule has 0 aliphatic heterocycles. The molecule has 6 nitrogen and oxygen atoms in total. The van der Waals surface area contributed by atoms with E-state index in [9.17, 15) is 20.2 Å². The second kappa shape index (κ2) is 3.27. The SMILES string of the molecule is CCCC(C)([N+](=O)[O-])[N+](=O)[O-]. The molecule has 0 spiro atoms. The quantitative estimate of drug-likeness (QED) is 0.351. The molecule has 11 heavy (non-hydrogen) atoms. The van der Waals surface area contributed by atoms with Crippen molar-refractivity contribution < 1.29 is 9.85 Å². The Hall–Kier alpha value is -1.20. The Balaban J connectivity index is 4.52. The molecule has 0 fully saturated rings. The fourth-order valence-electron chi connectivity index (χ4n) is 0.723. The van der Waals surface area contributed by atoms with E-state index in [1.165, 1.54) is 0 Å². The minimum Gasteiger partial charge on any atom is -0.258 e. The van der Waals surface area contributed by atoms with Crippen molar-refractivity contribution in [1.82, 2.24) is 0 Å². The molecule has 0 amide bonds. The zero-order valence-corrected chi connectivity index (χ0v) is 6.44. The third-order valence-electron chi connectivity index (χ3n) is 1.51. The van der Waals surface area contributed by atoms with Crippen molar-refractivity contribution in [3.63, 3.8) is 0 Å². The topological polar surface area (TPSA) is 86.3 Å². The monoisotopic (exact) mass is 162 g/mol. The highest BCUT2D eigenvalue weighted by Gasteiger charge is 2.49. The van der Waals surface area contributed by atoms with Crippen molar-refractivity contribution in [3.8, 4) is 0 Å². The average molecular weight is 162 g/mol. The normalized spacial score (nSPS) is 11.1. The number of hydrogen-bond donors (Lipinski definition) is 0. The zero-order chi connectivity index (χ0) is 9.07. The fourth-order valence-corrected chi connectivity index (χ4v) is 0.723. The van der Waals surface area contributed by atoms with Crippen LogP contribution in [0, 0.1) is 20.2 Å².